The molecule has 10 heteroatoms. The second-order valence-corrected chi connectivity index (χ2v) is 10.3. The fourth-order valence-electron chi connectivity index (χ4n) is 3.38. The first-order valence-corrected chi connectivity index (χ1v) is 12.6. The summed E-state index contributed by atoms with van der Waals surface area (Å²) in [4.78, 5) is -0.427. The second-order valence-electron chi connectivity index (χ2n) is 7.37. The van der Waals surface area contributed by atoms with Crippen molar-refractivity contribution >= 4 is 32.2 Å². The molecule has 3 aromatic rings. The van der Waals surface area contributed by atoms with Gasteiger partial charge in [-0.1, -0.05) is 23.8 Å². The van der Waals surface area contributed by atoms with E-state index in [1.165, 1.54) is 38.0 Å². The van der Waals surface area contributed by atoms with Gasteiger partial charge in [-0.2, -0.15) is 5.26 Å². The summed E-state index contributed by atoms with van der Waals surface area (Å²) in [5.41, 5.74) is 1.47. The molecule has 0 saturated carbocycles. The first-order valence-electron chi connectivity index (χ1n) is 10.3. The zero-order chi connectivity index (χ0) is 25.8. The van der Waals surface area contributed by atoms with Gasteiger partial charge in [-0.3, -0.25) is 5.41 Å². The first-order chi connectivity index (χ1) is 16.7. The number of hydrogen-bond acceptors (Lipinski definition) is 8. The Labute approximate surface area is 207 Å². The third-order valence-electron chi connectivity index (χ3n) is 5.19. The highest BCUT2D eigenvalue weighted by molar-refractivity contribution is 8.00. The van der Waals surface area contributed by atoms with Crippen molar-refractivity contribution in [1.82, 2.24) is 4.57 Å². The number of nitriles is 1. The van der Waals surface area contributed by atoms with Crippen molar-refractivity contribution in [2.75, 3.05) is 21.3 Å². The number of ether oxygens (including phenoxy) is 3. The van der Waals surface area contributed by atoms with Gasteiger partial charge < -0.3 is 18.8 Å². The van der Waals surface area contributed by atoms with Gasteiger partial charge in [0.1, 0.15) is 33.5 Å². The van der Waals surface area contributed by atoms with Gasteiger partial charge in [0, 0.05) is 18.7 Å². The van der Waals surface area contributed by atoms with Gasteiger partial charge in [-0.15, -0.1) is 17.9 Å². The van der Waals surface area contributed by atoms with Crippen LogP contribution < -0.4 is 28.9 Å². The van der Waals surface area contributed by atoms with Crippen molar-refractivity contribution in [3.8, 4) is 23.3 Å². The zero-order valence-electron chi connectivity index (χ0n) is 19.8. The predicted octanol–water partition coefficient (Wildman–Crippen LogP) is 2.48. The SMILES string of the molecule is C=CCn1c(=N)/c(=C/c2c(OC)cc(OC)cc2OC)s/c1=C(\C#N)S(=O)(=O)c1ccc(C)cc1. The van der Waals surface area contributed by atoms with Crippen molar-refractivity contribution in [3.05, 3.63) is 74.9 Å². The summed E-state index contributed by atoms with van der Waals surface area (Å²) < 4.78 is 45.0. The van der Waals surface area contributed by atoms with Crippen LogP contribution in [0, 0.1) is 23.7 Å². The summed E-state index contributed by atoms with van der Waals surface area (Å²) in [6.45, 7) is 5.70. The van der Waals surface area contributed by atoms with Gasteiger partial charge in [-0.25, -0.2) is 8.42 Å². The first kappa shape index (κ1) is 25.8. The molecule has 0 saturated heterocycles. The van der Waals surface area contributed by atoms with Gasteiger partial charge in [0.2, 0.25) is 9.84 Å². The number of hydrogen-bond donors (Lipinski definition) is 1. The van der Waals surface area contributed by atoms with E-state index < -0.39 is 14.7 Å². The van der Waals surface area contributed by atoms with Gasteiger partial charge in [-0.05, 0) is 25.1 Å². The molecule has 0 spiro atoms. The molecule has 0 amide bonds. The third-order valence-corrected chi connectivity index (χ3v) is 8.18. The topological polar surface area (TPSA) is 114 Å². The van der Waals surface area contributed by atoms with Gasteiger partial charge >= 0.3 is 0 Å². The molecule has 0 aliphatic carbocycles. The number of rotatable bonds is 8. The van der Waals surface area contributed by atoms with Gasteiger partial charge in [0.15, 0.2) is 4.91 Å². The van der Waals surface area contributed by atoms with Crippen LogP contribution in [0.1, 0.15) is 11.1 Å². The maximum Gasteiger partial charge on any atom is 0.219 e. The van der Waals surface area contributed by atoms with Crippen LogP contribution >= 0.6 is 11.3 Å². The average molecular weight is 512 g/mol. The van der Waals surface area contributed by atoms with E-state index >= 15 is 0 Å². The Hall–Kier alpha value is -3.81. The molecule has 0 aliphatic rings. The number of nitrogens with one attached hydrogen (secondary N) is 1. The van der Waals surface area contributed by atoms with Crippen LogP contribution in [-0.2, 0) is 16.4 Å². The lowest BCUT2D eigenvalue weighted by molar-refractivity contribution is 0.374. The average Bonchev–Trinajstić information content (AvgIpc) is 3.14. The maximum atomic E-state index is 13.4. The number of allylic oxidation sites excluding steroid dienone is 1. The largest absolute Gasteiger partial charge is 0.496 e. The Morgan fingerprint density at radius 2 is 1.74 bits per heavy atom. The van der Waals surface area contributed by atoms with E-state index in [-0.39, 0.29) is 21.6 Å². The molecule has 0 aliphatic heterocycles. The molecule has 8 nitrogen and oxygen atoms in total. The van der Waals surface area contributed by atoms with Crippen LogP contribution in [0.3, 0.4) is 0 Å². The molecule has 1 heterocycles. The minimum Gasteiger partial charge on any atom is -0.496 e. The Morgan fingerprint density at radius 1 is 1.14 bits per heavy atom. The van der Waals surface area contributed by atoms with Gasteiger partial charge in [0.25, 0.3) is 0 Å². The summed E-state index contributed by atoms with van der Waals surface area (Å²) in [6.07, 6.45) is 3.21. The van der Waals surface area contributed by atoms with E-state index in [1.807, 2.05) is 13.0 Å². The monoisotopic (exact) mass is 511 g/mol. The lowest BCUT2D eigenvalue weighted by atomic mass is 10.1. The standard InChI is InChI=1S/C25H25N3O5S2/c1-6-11-28-24(27)22(14-19-20(32-4)12-17(31-3)13-21(19)33-5)34-25(28)23(15-26)35(29,30)18-9-7-16(2)8-10-18/h6-10,12-14,27H,1,11H2,2-5H3/b22-14-,25-23+,27-24?. The third kappa shape index (κ3) is 5.01. The van der Waals surface area contributed by atoms with E-state index in [0.29, 0.717) is 27.3 Å². The number of aromatic nitrogens is 1. The molecule has 2 aromatic carbocycles. The second kappa shape index (κ2) is 10.6. The lowest BCUT2D eigenvalue weighted by Crippen LogP contribution is -2.32. The predicted molar refractivity (Wildman–Crippen MR) is 135 cm³/mol. The maximum absolute atomic E-state index is 13.4. The Morgan fingerprint density at radius 3 is 2.23 bits per heavy atom. The Balaban J connectivity index is 2.41. The molecular weight excluding hydrogens is 486 g/mol. The Bertz CT molecular complexity index is 1570. The van der Waals surface area contributed by atoms with Crippen molar-refractivity contribution in [2.24, 2.45) is 0 Å². The fraction of sp³-hybridized carbons (Fsp3) is 0.200. The van der Waals surface area contributed by atoms with Gasteiger partial charge in [0.05, 0.1) is 36.3 Å². The number of benzene rings is 2. The summed E-state index contributed by atoms with van der Waals surface area (Å²) in [6, 6.07) is 11.5. The van der Waals surface area contributed by atoms with Crippen LogP contribution in [0.15, 0.2) is 53.9 Å². The van der Waals surface area contributed by atoms with Crippen molar-refractivity contribution < 1.29 is 22.6 Å². The number of methoxy groups -OCH3 is 3. The smallest absolute Gasteiger partial charge is 0.219 e. The highest BCUT2D eigenvalue weighted by Crippen LogP contribution is 2.34. The normalized spacial score (nSPS) is 12.6. The van der Waals surface area contributed by atoms with Crippen molar-refractivity contribution in [2.45, 2.75) is 18.4 Å². The molecule has 3 rings (SSSR count). The molecule has 0 radical (unpaired) electrons. The quantitative estimate of drug-likeness (QED) is 0.465. The fourth-order valence-corrected chi connectivity index (χ4v) is 6.03. The minimum absolute atomic E-state index is 0.00811. The highest BCUT2D eigenvalue weighted by Gasteiger charge is 2.24. The zero-order valence-corrected chi connectivity index (χ0v) is 21.4. The van der Waals surface area contributed by atoms with Crippen LogP contribution in [0.2, 0.25) is 0 Å². The molecule has 0 atom stereocenters. The van der Waals surface area contributed by atoms with Crippen molar-refractivity contribution in [1.29, 1.82) is 10.7 Å². The van der Waals surface area contributed by atoms with Crippen molar-refractivity contribution in [3.63, 3.8) is 0 Å². The summed E-state index contributed by atoms with van der Waals surface area (Å²) in [5.74, 6) is 1.42. The minimum atomic E-state index is -4.12. The number of thiazole rings is 1. The molecule has 1 aromatic heterocycles. The highest BCUT2D eigenvalue weighted by atomic mass is 32.2. The van der Waals surface area contributed by atoms with Crippen LogP contribution in [-0.4, -0.2) is 34.3 Å². The number of nitrogens with zero attached hydrogens (tertiary/aromatic N) is 2. The van der Waals surface area contributed by atoms with E-state index in [4.69, 9.17) is 19.6 Å². The molecular formula is C25H25N3O5S2. The lowest BCUT2D eigenvalue weighted by Gasteiger charge is -2.12. The van der Waals surface area contributed by atoms with E-state index in [9.17, 15) is 13.7 Å². The molecule has 0 bridgehead atoms. The number of aryl methyl sites for hydroxylation is 1. The molecule has 182 valence electrons. The van der Waals surface area contributed by atoms with Crippen LogP contribution in [0.5, 0.6) is 17.2 Å². The van der Waals surface area contributed by atoms with E-state index in [2.05, 4.69) is 6.58 Å². The van der Waals surface area contributed by atoms with Crippen LogP contribution in [0.25, 0.3) is 11.0 Å². The molecule has 35 heavy (non-hydrogen) atoms. The molecule has 1 N–H and O–H groups in total. The van der Waals surface area contributed by atoms with E-state index in [1.54, 1.807) is 36.4 Å². The molecule has 0 unspecified atom stereocenters. The molecule has 0 fully saturated rings. The summed E-state index contributed by atoms with van der Waals surface area (Å²) >= 11 is 1.02. The van der Waals surface area contributed by atoms with Crippen LogP contribution in [0.4, 0.5) is 0 Å². The Kier molecular flexibility index (Phi) is 7.84. The summed E-state index contributed by atoms with van der Waals surface area (Å²) in [5, 5.41) is 18.6. The number of sulfone groups is 1. The van der Waals surface area contributed by atoms with E-state index in [0.717, 1.165) is 16.9 Å². The summed E-state index contributed by atoms with van der Waals surface area (Å²) in [7, 11) is 0.401.